The molecule has 0 heterocycles. The van der Waals surface area contributed by atoms with Crippen LogP contribution in [0.15, 0.2) is 0 Å². The Morgan fingerprint density at radius 3 is 2.20 bits per heavy atom. The molecule has 0 aromatic rings. The maximum atomic E-state index is 11.3. The zero-order valence-electron chi connectivity index (χ0n) is 10.9. The van der Waals surface area contributed by atoms with E-state index in [9.17, 15) is 4.79 Å². The Kier molecular flexibility index (Phi) is 7.28. The van der Waals surface area contributed by atoms with E-state index in [1.807, 2.05) is 12.5 Å². The molecule has 0 aliphatic heterocycles. The van der Waals surface area contributed by atoms with Gasteiger partial charge < -0.3 is 5.32 Å². The van der Waals surface area contributed by atoms with Crippen LogP contribution in [0.5, 0.6) is 0 Å². The Morgan fingerprint density at radius 1 is 1.13 bits per heavy atom. The van der Waals surface area contributed by atoms with Crippen LogP contribution in [0, 0.1) is 0 Å². The summed E-state index contributed by atoms with van der Waals surface area (Å²) in [5.41, 5.74) is 0.219. The zero-order chi connectivity index (χ0) is 11.9. The predicted octanol–water partition coefficient (Wildman–Crippen LogP) is 2.72. The van der Waals surface area contributed by atoms with Crippen molar-refractivity contribution < 1.29 is 4.79 Å². The highest BCUT2D eigenvalue weighted by Gasteiger charge is 2.07. The number of hydrogen-bond donors (Lipinski definition) is 2. The van der Waals surface area contributed by atoms with Crippen molar-refractivity contribution in [1.29, 1.82) is 0 Å². The fraction of sp³-hybridized carbons (Fsp3) is 0.917. The minimum Gasteiger partial charge on any atom is -0.312 e. The van der Waals surface area contributed by atoms with Gasteiger partial charge >= 0.3 is 0 Å². The van der Waals surface area contributed by atoms with E-state index in [4.69, 9.17) is 0 Å². The van der Waals surface area contributed by atoms with E-state index in [1.54, 1.807) is 0 Å². The molecule has 3 heteroatoms. The van der Waals surface area contributed by atoms with Crippen LogP contribution in [0.2, 0.25) is 0 Å². The summed E-state index contributed by atoms with van der Waals surface area (Å²) < 4.78 is 0. The second-order valence-corrected chi connectivity index (χ2v) is 7.56. The van der Waals surface area contributed by atoms with Gasteiger partial charge in [-0.1, -0.05) is 6.42 Å². The Bertz CT molecular complexity index is 185. The summed E-state index contributed by atoms with van der Waals surface area (Å²) in [7, 11) is -0.359. The van der Waals surface area contributed by atoms with E-state index in [0.29, 0.717) is 5.12 Å². The SMILES string of the molecule is C[SH](C)C(=O)CCCCCNC(C)(C)C. The third kappa shape index (κ3) is 10.3. The lowest BCUT2D eigenvalue weighted by Crippen LogP contribution is -2.36. The summed E-state index contributed by atoms with van der Waals surface area (Å²) >= 11 is 0. The second kappa shape index (κ2) is 7.29. The van der Waals surface area contributed by atoms with Crippen molar-refractivity contribution in [3.05, 3.63) is 0 Å². The average molecular weight is 233 g/mol. The van der Waals surface area contributed by atoms with Crippen LogP contribution in [0.4, 0.5) is 0 Å². The zero-order valence-corrected chi connectivity index (χ0v) is 11.8. The molecule has 0 saturated heterocycles. The molecule has 92 valence electrons. The number of carbonyl (C=O) groups is 1. The Balaban J connectivity index is 3.30. The fourth-order valence-corrected chi connectivity index (χ4v) is 1.87. The smallest absolute Gasteiger partial charge is 0.168 e. The first-order valence-corrected chi connectivity index (χ1v) is 8.02. The van der Waals surface area contributed by atoms with Crippen molar-refractivity contribution in [2.45, 2.75) is 52.0 Å². The van der Waals surface area contributed by atoms with Crippen LogP contribution in [-0.2, 0) is 4.79 Å². The Labute approximate surface area is 97.6 Å². The molecule has 0 amide bonds. The summed E-state index contributed by atoms with van der Waals surface area (Å²) in [6.45, 7) is 7.60. The van der Waals surface area contributed by atoms with E-state index < -0.39 is 0 Å². The van der Waals surface area contributed by atoms with Crippen molar-refractivity contribution in [3.8, 4) is 0 Å². The molecule has 1 N–H and O–H groups in total. The van der Waals surface area contributed by atoms with Crippen molar-refractivity contribution >= 4 is 16.0 Å². The first-order chi connectivity index (χ1) is 6.83. The molecule has 0 rings (SSSR count). The van der Waals surface area contributed by atoms with Crippen LogP contribution in [0.25, 0.3) is 0 Å². The maximum Gasteiger partial charge on any atom is 0.168 e. The van der Waals surface area contributed by atoms with Gasteiger partial charge in [-0.2, -0.15) is 0 Å². The second-order valence-electron chi connectivity index (χ2n) is 5.28. The molecule has 2 nitrogen and oxygen atoms in total. The van der Waals surface area contributed by atoms with Gasteiger partial charge in [0.05, 0.1) is 0 Å². The van der Waals surface area contributed by atoms with Gasteiger partial charge in [0.15, 0.2) is 5.12 Å². The topological polar surface area (TPSA) is 29.1 Å². The molecule has 0 atom stereocenters. The van der Waals surface area contributed by atoms with Crippen LogP contribution in [-0.4, -0.2) is 29.7 Å². The summed E-state index contributed by atoms with van der Waals surface area (Å²) in [5.74, 6) is 0. The largest absolute Gasteiger partial charge is 0.312 e. The van der Waals surface area contributed by atoms with Crippen molar-refractivity contribution in [3.63, 3.8) is 0 Å². The summed E-state index contributed by atoms with van der Waals surface area (Å²) in [6, 6.07) is 0. The number of carbonyl (C=O) groups excluding carboxylic acids is 1. The molecule has 15 heavy (non-hydrogen) atoms. The molecule has 0 aliphatic rings. The fourth-order valence-electron chi connectivity index (χ4n) is 1.26. The lowest BCUT2D eigenvalue weighted by molar-refractivity contribution is -0.111. The van der Waals surface area contributed by atoms with Crippen LogP contribution >= 0.6 is 10.9 Å². The molecule has 0 fully saturated rings. The Morgan fingerprint density at radius 2 is 1.73 bits per heavy atom. The third-order valence-electron chi connectivity index (χ3n) is 2.22. The van der Waals surface area contributed by atoms with Crippen molar-refractivity contribution in [1.82, 2.24) is 5.32 Å². The van der Waals surface area contributed by atoms with Gasteiger partial charge in [0.25, 0.3) is 0 Å². The van der Waals surface area contributed by atoms with Crippen LogP contribution in [0.3, 0.4) is 0 Å². The summed E-state index contributed by atoms with van der Waals surface area (Å²) in [6.07, 6.45) is 8.27. The highest BCUT2D eigenvalue weighted by atomic mass is 32.2. The van der Waals surface area contributed by atoms with Gasteiger partial charge in [-0.3, -0.25) is 4.79 Å². The predicted molar refractivity (Wildman–Crippen MR) is 72.1 cm³/mol. The Hall–Kier alpha value is -0.0200. The average Bonchev–Trinajstić information content (AvgIpc) is 2.08. The number of thiol groups is 1. The summed E-state index contributed by atoms with van der Waals surface area (Å²) in [4.78, 5) is 11.3. The lowest BCUT2D eigenvalue weighted by atomic mass is 10.1. The van der Waals surface area contributed by atoms with E-state index in [-0.39, 0.29) is 16.4 Å². The number of hydrogen-bond acceptors (Lipinski definition) is 2. The van der Waals surface area contributed by atoms with Gasteiger partial charge in [-0.05, 0) is 52.7 Å². The van der Waals surface area contributed by atoms with Crippen molar-refractivity contribution in [2.75, 3.05) is 19.1 Å². The minimum atomic E-state index is -0.359. The highest BCUT2D eigenvalue weighted by molar-refractivity contribution is 8.28. The molecular weight excluding hydrogens is 206 g/mol. The molecule has 0 bridgehead atoms. The third-order valence-corrected chi connectivity index (χ3v) is 3.44. The van der Waals surface area contributed by atoms with E-state index in [1.165, 1.54) is 6.42 Å². The number of nitrogens with one attached hydrogen (secondary N) is 1. The molecule has 0 radical (unpaired) electrons. The quantitative estimate of drug-likeness (QED) is 0.545. The van der Waals surface area contributed by atoms with Gasteiger partial charge in [0.1, 0.15) is 0 Å². The highest BCUT2D eigenvalue weighted by Crippen LogP contribution is 2.18. The number of unbranched alkanes of at least 4 members (excludes halogenated alkanes) is 2. The summed E-state index contributed by atoms with van der Waals surface area (Å²) in [5, 5.41) is 3.92. The van der Waals surface area contributed by atoms with Gasteiger partial charge in [-0.25, -0.2) is 10.9 Å². The van der Waals surface area contributed by atoms with E-state index >= 15 is 0 Å². The molecule has 0 aromatic heterocycles. The standard InChI is InChI=1S/C12H27NOS/c1-12(2,3)13-10-8-6-7-9-11(14)15(4)5/h13,15H,6-10H2,1-5H3. The first-order valence-electron chi connectivity index (χ1n) is 5.78. The van der Waals surface area contributed by atoms with Gasteiger partial charge in [-0.15, -0.1) is 0 Å². The monoisotopic (exact) mass is 233 g/mol. The van der Waals surface area contributed by atoms with Gasteiger partial charge in [0.2, 0.25) is 0 Å². The van der Waals surface area contributed by atoms with Crippen LogP contribution in [0.1, 0.15) is 46.5 Å². The normalized spacial score (nSPS) is 12.7. The van der Waals surface area contributed by atoms with Crippen LogP contribution < -0.4 is 5.32 Å². The molecular formula is C12H27NOS. The molecule has 0 spiro atoms. The molecule has 0 unspecified atom stereocenters. The molecule has 0 saturated carbocycles. The maximum absolute atomic E-state index is 11.3. The minimum absolute atomic E-state index is 0.219. The van der Waals surface area contributed by atoms with E-state index in [0.717, 1.165) is 25.8 Å². The van der Waals surface area contributed by atoms with Crippen molar-refractivity contribution in [2.24, 2.45) is 0 Å². The molecule has 0 aromatic carbocycles. The van der Waals surface area contributed by atoms with Gasteiger partial charge in [0, 0.05) is 12.0 Å². The first kappa shape index (κ1) is 15.0. The number of rotatable bonds is 6. The lowest BCUT2D eigenvalue weighted by Gasteiger charge is -2.20. The van der Waals surface area contributed by atoms with E-state index in [2.05, 4.69) is 26.1 Å². The molecule has 0 aliphatic carbocycles.